The number of rotatable bonds is 4. The zero-order valence-corrected chi connectivity index (χ0v) is 17.0. The summed E-state index contributed by atoms with van der Waals surface area (Å²) in [5.74, 6) is 0.685. The quantitative estimate of drug-likeness (QED) is 0.654. The van der Waals surface area contributed by atoms with Gasteiger partial charge in [-0.25, -0.2) is 14.4 Å². The molecule has 1 saturated heterocycles. The number of benzene rings is 2. The van der Waals surface area contributed by atoms with Gasteiger partial charge in [0.2, 0.25) is 5.88 Å². The van der Waals surface area contributed by atoms with Crippen molar-refractivity contribution in [2.24, 2.45) is 0 Å². The Hall–Kier alpha value is -3.48. The van der Waals surface area contributed by atoms with Gasteiger partial charge in [-0.1, -0.05) is 24.3 Å². The van der Waals surface area contributed by atoms with E-state index in [1.807, 2.05) is 49.1 Å². The molecule has 2 aromatic carbocycles. The molecule has 4 rings (SSSR count). The van der Waals surface area contributed by atoms with E-state index >= 15 is 0 Å². The smallest absolute Gasteiger partial charge is 0.254 e. The van der Waals surface area contributed by atoms with Crippen molar-refractivity contribution in [1.29, 1.82) is 0 Å². The number of aromatic nitrogens is 2. The number of carbonyl (C=O) groups is 1. The number of halogens is 1. The van der Waals surface area contributed by atoms with Crippen LogP contribution in [0.15, 0.2) is 60.9 Å². The van der Waals surface area contributed by atoms with E-state index in [1.165, 1.54) is 12.4 Å². The Bertz CT molecular complexity index is 1040. The highest BCUT2D eigenvalue weighted by Gasteiger charge is 2.29. The Morgan fingerprint density at radius 1 is 1.10 bits per heavy atom. The summed E-state index contributed by atoms with van der Waals surface area (Å²) in [5.41, 5.74) is 1.59. The molecule has 1 amide bonds. The van der Waals surface area contributed by atoms with Crippen LogP contribution in [0.25, 0.3) is 0 Å². The first-order valence-electron chi connectivity index (χ1n) is 9.88. The van der Waals surface area contributed by atoms with Crippen molar-refractivity contribution in [3.8, 4) is 11.6 Å². The second-order valence-electron chi connectivity index (χ2n) is 7.41. The molecule has 1 aromatic heterocycles. The van der Waals surface area contributed by atoms with Crippen LogP contribution in [0, 0.1) is 12.7 Å². The Morgan fingerprint density at radius 2 is 1.90 bits per heavy atom. The van der Waals surface area contributed by atoms with Gasteiger partial charge in [0, 0.05) is 37.3 Å². The molecule has 1 aliphatic rings. The lowest BCUT2D eigenvalue weighted by Crippen LogP contribution is -2.54. The van der Waals surface area contributed by atoms with Crippen LogP contribution >= 0.6 is 0 Å². The standard InChI is InChI=1S/C23H23FN4O2/c1-16-8-9-19(24)20(12-16)30-22-13-21(25-15-26-22)27-10-11-28(17(2)14-27)23(29)18-6-4-3-5-7-18/h3-9,12-13,15,17H,10-11,14H2,1-2H3/t17-/m1/s1. The summed E-state index contributed by atoms with van der Waals surface area (Å²) >= 11 is 0. The van der Waals surface area contributed by atoms with E-state index in [4.69, 9.17) is 4.74 Å². The first-order chi connectivity index (χ1) is 14.5. The van der Waals surface area contributed by atoms with Crippen molar-refractivity contribution in [2.75, 3.05) is 24.5 Å². The minimum Gasteiger partial charge on any atom is -0.436 e. The molecule has 0 bridgehead atoms. The molecule has 0 aliphatic carbocycles. The number of hydrogen-bond acceptors (Lipinski definition) is 5. The van der Waals surface area contributed by atoms with E-state index < -0.39 is 5.82 Å². The minimum absolute atomic E-state index is 0.0139. The van der Waals surface area contributed by atoms with Gasteiger partial charge < -0.3 is 14.5 Å². The molecule has 3 aromatic rings. The summed E-state index contributed by atoms with van der Waals surface area (Å²) in [4.78, 5) is 25.2. The molecule has 2 heterocycles. The number of hydrogen-bond donors (Lipinski definition) is 0. The zero-order chi connectivity index (χ0) is 21.1. The molecule has 0 spiro atoms. The number of nitrogens with zero attached hydrogens (tertiary/aromatic N) is 4. The number of carbonyl (C=O) groups excluding carboxylic acids is 1. The van der Waals surface area contributed by atoms with Gasteiger partial charge in [-0.3, -0.25) is 4.79 Å². The lowest BCUT2D eigenvalue weighted by Gasteiger charge is -2.40. The van der Waals surface area contributed by atoms with Crippen LogP contribution in [0.4, 0.5) is 10.2 Å². The van der Waals surface area contributed by atoms with Crippen LogP contribution < -0.4 is 9.64 Å². The predicted octanol–water partition coefficient (Wildman–Crippen LogP) is 4.07. The van der Waals surface area contributed by atoms with Crippen LogP contribution in [0.2, 0.25) is 0 Å². The van der Waals surface area contributed by atoms with Crippen LogP contribution in [0.5, 0.6) is 11.6 Å². The Kier molecular flexibility index (Phi) is 5.61. The maximum absolute atomic E-state index is 14.0. The van der Waals surface area contributed by atoms with Gasteiger partial charge >= 0.3 is 0 Å². The maximum atomic E-state index is 14.0. The highest BCUT2D eigenvalue weighted by molar-refractivity contribution is 5.94. The van der Waals surface area contributed by atoms with Crippen molar-refractivity contribution >= 4 is 11.7 Å². The van der Waals surface area contributed by atoms with Crippen LogP contribution in [-0.2, 0) is 0 Å². The third-order valence-electron chi connectivity index (χ3n) is 5.16. The summed E-state index contributed by atoms with van der Waals surface area (Å²) < 4.78 is 19.7. The van der Waals surface area contributed by atoms with Crippen LogP contribution in [-0.4, -0.2) is 46.5 Å². The summed E-state index contributed by atoms with van der Waals surface area (Å²) in [5, 5.41) is 0. The van der Waals surface area contributed by atoms with Crippen molar-refractivity contribution < 1.29 is 13.9 Å². The summed E-state index contributed by atoms with van der Waals surface area (Å²) in [6, 6.07) is 15.7. The molecule has 0 radical (unpaired) electrons. The molecular formula is C23H23FN4O2. The maximum Gasteiger partial charge on any atom is 0.254 e. The fourth-order valence-corrected chi connectivity index (χ4v) is 3.57. The Morgan fingerprint density at radius 3 is 2.67 bits per heavy atom. The molecule has 1 aliphatic heterocycles. The van der Waals surface area contributed by atoms with Crippen molar-refractivity contribution in [1.82, 2.24) is 14.9 Å². The average Bonchev–Trinajstić information content (AvgIpc) is 2.76. The van der Waals surface area contributed by atoms with Crippen molar-refractivity contribution in [3.63, 3.8) is 0 Å². The highest BCUT2D eigenvalue weighted by atomic mass is 19.1. The second-order valence-corrected chi connectivity index (χ2v) is 7.41. The largest absolute Gasteiger partial charge is 0.436 e. The number of piperazine rings is 1. The van der Waals surface area contributed by atoms with Gasteiger partial charge in [0.1, 0.15) is 12.1 Å². The minimum atomic E-state index is -0.442. The van der Waals surface area contributed by atoms with E-state index in [2.05, 4.69) is 14.9 Å². The zero-order valence-electron chi connectivity index (χ0n) is 17.0. The van der Waals surface area contributed by atoms with Gasteiger partial charge in [0.15, 0.2) is 11.6 Å². The third-order valence-corrected chi connectivity index (χ3v) is 5.16. The number of ether oxygens (including phenoxy) is 1. The average molecular weight is 406 g/mol. The van der Waals surface area contributed by atoms with Crippen LogP contribution in [0.1, 0.15) is 22.8 Å². The normalized spacial score (nSPS) is 16.4. The fraction of sp³-hybridized carbons (Fsp3) is 0.261. The van der Waals surface area contributed by atoms with Crippen LogP contribution in [0.3, 0.4) is 0 Å². The number of amides is 1. The van der Waals surface area contributed by atoms with Gasteiger partial charge in [0.25, 0.3) is 5.91 Å². The molecule has 1 fully saturated rings. The van der Waals surface area contributed by atoms with E-state index in [-0.39, 0.29) is 23.6 Å². The van der Waals surface area contributed by atoms with Crippen molar-refractivity contribution in [2.45, 2.75) is 19.9 Å². The van der Waals surface area contributed by atoms with Gasteiger partial charge in [-0.2, -0.15) is 0 Å². The molecular weight excluding hydrogens is 383 g/mol. The second kappa shape index (κ2) is 8.49. The van der Waals surface area contributed by atoms with Gasteiger partial charge in [-0.15, -0.1) is 0 Å². The SMILES string of the molecule is Cc1ccc(F)c(Oc2cc(N3CCN(C(=O)c4ccccc4)[C@H](C)C3)ncn2)c1. The predicted molar refractivity (Wildman–Crippen MR) is 112 cm³/mol. The van der Waals surface area contributed by atoms with E-state index in [1.54, 1.807) is 18.2 Å². The van der Waals surface area contributed by atoms with Gasteiger partial charge in [0.05, 0.1) is 0 Å². The number of anilines is 1. The lowest BCUT2D eigenvalue weighted by atomic mass is 10.1. The van der Waals surface area contributed by atoms with E-state index in [9.17, 15) is 9.18 Å². The molecule has 30 heavy (non-hydrogen) atoms. The molecule has 0 N–H and O–H groups in total. The summed E-state index contributed by atoms with van der Waals surface area (Å²) in [6.07, 6.45) is 1.41. The highest BCUT2D eigenvalue weighted by Crippen LogP contribution is 2.27. The fourth-order valence-electron chi connectivity index (χ4n) is 3.57. The van der Waals surface area contributed by atoms with E-state index in [0.29, 0.717) is 31.0 Å². The first kappa shape index (κ1) is 19.8. The summed E-state index contributed by atoms with van der Waals surface area (Å²) in [7, 11) is 0. The Labute approximate surface area is 174 Å². The van der Waals surface area contributed by atoms with E-state index in [0.717, 1.165) is 5.56 Å². The van der Waals surface area contributed by atoms with Crippen molar-refractivity contribution in [3.05, 3.63) is 77.9 Å². The van der Waals surface area contributed by atoms with Gasteiger partial charge in [-0.05, 0) is 43.7 Å². The summed E-state index contributed by atoms with van der Waals surface area (Å²) in [6.45, 7) is 5.75. The molecule has 1 atom stereocenters. The molecule has 154 valence electrons. The molecule has 7 heteroatoms. The molecule has 0 unspecified atom stereocenters. The molecule has 6 nitrogen and oxygen atoms in total. The molecule has 0 saturated carbocycles. The monoisotopic (exact) mass is 406 g/mol. The Balaban J connectivity index is 1.46. The number of aryl methyl sites for hydroxylation is 1. The third kappa shape index (κ3) is 4.25. The topological polar surface area (TPSA) is 58.6 Å². The lowest BCUT2D eigenvalue weighted by molar-refractivity contribution is 0.0673. The first-order valence-corrected chi connectivity index (χ1v) is 9.88.